The average Bonchev–Trinajstić information content (AvgIpc) is 2.96. The van der Waals surface area contributed by atoms with Gasteiger partial charge in [-0.2, -0.15) is 0 Å². The van der Waals surface area contributed by atoms with Crippen molar-refractivity contribution in [2.75, 3.05) is 18.0 Å². The van der Waals surface area contributed by atoms with Crippen LogP contribution in [0.3, 0.4) is 0 Å². The van der Waals surface area contributed by atoms with Crippen molar-refractivity contribution in [2.24, 2.45) is 5.73 Å². The van der Waals surface area contributed by atoms with Gasteiger partial charge in [0.1, 0.15) is 11.8 Å². The molecule has 136 valence electrons. The molecule has 1 heterocycles. The number of amides is 1. The van der Waals surface area contributed by atoms with E-state index in [1.165, 1.54) is 4.90 Å². The van der Waals surface area contributed by atoms with Crippen LogP contribution in [0.4, 0.5) is 17.1 Å². The standard InChI is InChI=1S/C15H20N4O6/c1-9(2)25-15-10-5-7-17(13(20)4-3-6-16)14(10)11(18(21)22)8-12(15)19(23)24/h8-9H,3-7,16H2,1-2H3. The molecule has 0 aromatic heterocycles. The highest BCUT2D eigenvalue weighted by molar-refractivity contribution is 5.99. The molecule has 2 rings (SSSR count). The first-order chi connectivity index (χ1) is 11.8. The molecule has 0 unspecified atom stereocenters. The lowest BCUT2D eigenvalue weighted by molar-refractivity contribution is -0.394. The molecule has 1 aliphatic rings. The molecule has 2 N–H and O–H groups in total. The van der Waals surface area contributed by atoms with Gasteiger partial charge in [-0.3, -0.25) is 25.0 Å². The lowest BCUT2D eigenvalue weighted by Gasteiger charge is -2.18. The molecule has 10 heteroatoms. The highest BCUT2D eigenvalue weighted by Gasteiger charge is 2.39. The van der Waals surface area contributed by atoms with Gasteiger partial charge in [-0.15, -0.1) is 0 Å². The zero-order valence-corrected chi connectivity index (χ0v) is 14.1. The summed E-state index contributed by atoms with van der Waals surface area (Å²) in [6.45, 7) is 3.96. The highest BCUT2D eigenvalue weighted by Crippen LogP contribution is 2.48. The minimum absolute atomic E-state index is 0.00488. The molecule has 0 radical (unpaired) electrons. The molecular formula is C15H20N4O6. The van der Waals surface area contributed by atoms with Gasteiger partial charge in [-0.05, 0) is 33.2 Å². The first-order valence-corrected chi connectivity index (χ1v) is 7.93. The number of ether oxygens (including phenoxy) is 1. The predicted octanol–water partition coefficient (Wildman–Crippen LogP) is 1.92. The van der Waals surface area contributed by atoms with E-state index in [0.29, 0.717) is 18.5 Å². The molecule has 25 heavy (non-hydrogen) atoms. The summed E-state index contributed by atoms with van der Waals surface area (Å²) in [6, 6.07) is 0.866. The first-order valence-electron chi connectivity index (χ1n) is 7.93. The Balaban J connectivity index is 2.62. The van der Waals surface area contributed by atoms with Crippen LogP contribution in [0.25, 0.3) is 0 Å². The molecule has 0 spiro atoms. The maximum absolute atomic E-state index is 12.4. The molecule has 1 aliphatic heterocycles. The third-order valence-corrected chi connectivity index (χ3v) is 3.81. The van der Waals surface area contributed by atoms with Crippen LogP contribution in [0.2, 0.25) is 0 Å². The number of nitrogens with two attached hydrogens (primary N) is 1. The van der Waals surface area contributed by atoms with Crippen molar-refractivity contribution in [1.29, 1.82) is 0 Å². The minimum atomic E-state index is -0.709. The molecule has 1 aromatic rings. The number of carbonyl (C=O) groups is 1. The minimum Gasteiger partial charge on any atom is -0.484 e. The number of nitro benzene ring substituents is 2. The maximum atomic E-state index is 12.4. The zero-order valence-electron chi connectivity index (χ0n) is 14.1. The molecular weight excluding hydrogens is 332 g/mol. The number of hydrogen-bond acceptors (Lipinski definition) is 7. The summed E-state index contributed by atoms with van der Waals surface area (Å²) in [5, 5.41) is 22.8. The van der Waals surface area contributed by atoms with E-state index in [-0.39, 0.29) is 42.8 Å². The van der Waals surface area contributed by atoms with Crippen LogP contribution >= 0.6 is 0 Å². The molecule has 0 bridgehead atoms. The predicted molar refractivity (Wildman–Crippen MR) is 89.9 cm³/mol. The number of fused-ring (bicyclic) bond motifs is 1. The topological polar surface area (TPSA) is 142 Å². The Morgan fingerprint density at radius 2 is 1.96 bits per heavy atom. The van der Waals surface area contributed by atoms with E-state index >= 15 is 0 Å². The van der Waals surface area contributed by atoms with E-state index in [0.717, 1.165) is 6.07 Å². The molecule has 10 nitrogen and oxygen atoms in total. The van der Waals surface area contributed by atoms with Crippen molar-refractivity contribution < 1.29 is 19.4 Å². The van der Waals surface area contributed by atoms with Gasteiger partial charge in [0.15, 0.2) is 0 Å². The summed E-state index contributed by atoms with van der Waals surface area (Å²) < 4.78 is 5.57. The first kappa shape index (κ1) is 18.6. The van der Waals surface area contributed by atoms with Gasteiger partial charge in [0.2, 0.25) is 11.7 Å². The smallest absolute Gasteiger partial charge is 0.318 e. The molecule has 0 aliphatic carbocycles. The van der Waals surface area contributed by atoms with E-state index < -0.39 is 21.2 Å². The van der Waals surface area contributed by atoms with E-state index in [4.69, 9.17) is 10.5 Å². The monoisotopic (exact) mass is 352 g/mol. The summed E-state index contributed by atoms with van der Waals surface area (Å²) in [4.78, 5) is 35.0. The van der Waals surface area contributed by atoms with E-state index in [2.05, 4.69) is 0 Å². The van der Waals surface area contributed by atoms with Crippen LogP contribution < -0.4 is 15.4 Å². The molecule has 0 fully saturated rings. The summed E-state index contributed by atoms with van der Waals surface area (Å²) >= 11 is 0. The second-order valence-corrected chi connectivity index (χ2v) is 5.94. The van der Waals surface area contributed by atoms with Gasteiger partial charge in [-0.1, -0.05) is 0 Å². The number of hydrogen-bond donors (Lipinski definition) is 1. The van der Waals surface area contributed by atoms with E-state index in [1.807, 2.05) is 0 Å². The maximum Gasteiger partial charge on any atom is 0.318 e. The van der Waals surface area contributed by atoms with Crippen molar-refractivity contribution in [3.05, 3.63) is 31.9 Å². The van der Waals surface area contributed by atoms with Crippen LogP contribution in [-0.2, 0) is 11.2 Å². The van der Waals surface area contributed by atoms with Crippen molar-refractivity contribution in [3.63, 3.8) is 0 Å². The SMILES string of the molecule is CC(C)Oc1c([N+](=O)[O-])cc([N+](=O)[O-])c2c1CCN2C(=O)CCCN. The van der Waals surface area contributed by atoms with Gasteiger partial charge in [0.05, 0.1) is 16.0 Å². The fourth-order valence-corrected chi connectivity index (χ4v) is 2.83. The van der Waals surface area contributed by atoms with Gasteiger partial charge in [0, 0.05) is 18.5 Å². The number of benzene rings is 1. The summed E-state index contributed by atoms with van der Waals surface area (Å²) in [5.41, 5.74) is 4.90. The van der Waals surface area contributed by atoms with Crippen LogP contribution in [0.5, 0.6) is 5.75 Å². The zero-order chi connectivity index (χ0) is 18.7. The third-order valence-electron chi connectivity index (χ3n) is 3.81. The Labute approximate surface area is 143 Å². The Kier molecular flexibility index (Phi) is 5.52. The number of rotatable bonds is 7. The van der Waals surface area contributed by atoms with Crippen molar-refractivity contribution in [1.82, 2.24) is 0 Å². The Hall–Kier alpha value is -2.75. The van der Waals surface area contributed by atoms with E-state index in [9.17, 15) is 25.0 Å². The van der Waals surface area contributed by atoms with Crippen LogP contribution in [0.15, 0.2) is 6.07 Å². The number of anilines is 1. The lowest BCUT2D eigenvalue weighted by atomic mass is 10.1. The summed E-state index contributed by atoms with van der Waals surface area (Å²) in [5.74, 6) is -0.300. The summed E-state index contributed by atoms with van der Waals surface area (Å²) in [7, 11) is 0. The van der Waals surface area contributed by atoms with Crippen molar-refractivity contribution in [3.8, 4) is 5.75 Å². The normalized spacial score (nSPS) is 13.0. The summed E-state index contributed by atoms with van der Waals surface area (Å²) in [6.07, 6.45) is 0.519. The molecule has 0 atom stereocenters. The number of nitrogens with zero attached hydrogens (tertiary/aromatic N) is 3. The Morgan fingerprint density at radius 3 is 2.48 bits per heavy atom. The second kappa shape index (κ2) is 7.43. The second-order valence-electron chi connectivity index (χ2n) is 5.94. The number of carbonyl (C=O) groups excluding carboxylic acids is 1. The average molecular weight is 352 g/mol. The fraction of sp³-hybridized carbons (Fsp3) is 0.533. The van der Waals surface area contributed by atoms with E-state index in [1.54, 1.807) is 13.8 Å². The van der Waals surface area contributed by atoms with Gasteiger partial charge < -0.3 is 15.4 Å². The molecule has 0 saturated heterocycles. The Bertz CT molecular complexity index is 718. The van der Waals surface area contributed by atoms with Crippen LogP contribution in [-0.4, -0.2) is 34.9 Å². The Morgan fingerprint density at radius 1 is 1.32 bits per heavy atom. The number of nitro groups is 2. The highest BCUT2D eigenvalue weighted by atomic mass is 16.6. The van der Waals surface area contributed by atoms with Crippen LogP contribution in [0, 0.1) is 20.2 Å². The molecule has 1 amide bonds. The van der Waals surface area contributed by atoms with Gasteiger partial charge in [0.25, 0.3) is 5.69 Å². The molecule has 0 saturated carbocycles. The largest absolute Gasteiger partial charge is 0.484 e. The van der Waals surface area contributed by atoms with Crippen molar-refractivity contribution in [2.45, 2.75) is 39.2 Å². The quantitative estimate of drug-likeness (QED) is 0.583. The third kappa shape index (κ3) is 3.68. The molecule has 1 aromatic carbocycles. The van der Waals surface area contributed by atoms with Crippen LogP contribution in [0.1, 0.15) is 32.3 Å². The van der Waals surface area contributed by atoms with Crippen molar-refractivity contribution >= 4 is 23.0 Å². The fourth-order valence-electron chi connectivity index (χ4n) is 2.83. The van der Waals surface area contributed by atoms with Gasteiger partial charge in [-0.25, -0.2) is 0 Å². The lowest BCUT2D eigenvalue weighted by Crippen LogP contribution is -2.29. The van der Waals surface area contributed by atoms with Gasteiger partial charge >= 0.3 is 5.69 Å².